The Hall–Kier alpha value is -1.59. The lowest BCUT2D eigenvalue weighted by molar-refractivity contribution is -0.141. The van der Waals surface area contributed by atoms with E-state index in [1.807, 2.05) is 0 Å². The zero-order valence-electron chi connectivity index (χ0n) is 10.7. The Balaban J connectivity index is 2.70. The summed E-state index contributed by atoms with van der Waals surface area (Å²) in [6.45, 7) is 1.22. The van der Waals surface area contributed by atoms with Gasteiger partial charge in [-0.3, -0.25) is 9.59 Å². The number of rotatable bonds is 6. The van der Waals surface area contributed by atoms with Gasteiger partial charge in [0.1, 0.15) is 6.04 Å². The highest BCUT2D eigenvalue weighted by molar-refractivity contribution is 6.36. The Kier molecular flexibility index (Phi) is 5.98. The van der Waals surface area contributed by atoms with E-state index in [1.165, 1.54) is 25.1 Å². The normalized spacial score (nSPS) is 11.8. The van der Waals surface area contributed by atoms with Crippen LogP contribution in [-0.2, 0) is 9.59 Å². The fourth-order valence-corrected chi connectivity index (χ4v) is 2.14. The van der Waals surface area contributed by atoms with E-state index in [2.05, 4.69) is 5.32 Å². The molecule has 1 atom stereocenters. The summed E-state index contributed by atoms with van der Waals surface area (Å²) in [7, 11) is 0. The van der Waals surface area contributed by atoms with E-state index in [0.29, 0.717) is 5.02 Å². The van der Waals surface area contributed by atoms with Gasteiger partial charge in [0.15, 0.2) is 5.78 Å². The Morgan fingerprint density at radius 1 is 1.30 bits per heavy atom. The Morgan fingerprint density at radius 2 is 1.95 bits per heavy atom. The minimum atomic E-state index is -1.18. The maximum absolute atomic E-state index is 12.0. The zero-order valence-corrected chi connectivity index (χ0v) is 12.2. The fourth-order valence-electron chi connectivity index (χ4n) is 1.63. The molecule has 1 aromatic carbocycles. The molecule has 0 aromatic heterocycles. The standard InChI is InChI=1S/C13H13Cl2NO4/c1-7(17)16-11(13(19)20)4-5-12(18)9-3-2-8(14)6-10(9)15/h2-3,6,11H,4-5H2,1H3,(H,16,17)(H,19,20). The van der Waals surface area contributed by atoms with Gasteiger partial charge >= 0.3 is 5.97 Å². The molecule has 0 aliphatic rings. The Bertz CT molecular complexity index is 545. The molecule has 1 amide bonds. The molecule has 0 saturated carbocycles. The van der Waals surface area contributed by atoms with Gasteiger partial charge in [-0.2, -0.15) is 0 Å². The predicted molar refractivity (Wildman–Crippen MR) is 75.3 cm³/mol. The number of benzene rings is 1. The first-order chi connectivity index (χ1) is 9.31. The number of hydrogen-bond donors (Lipinski definition) is 2. The second-order valence-electron chi connectivity index (χ2n) is 4.18. The fraction of sp³-hybridized carbons (Fsp3) is 0.308. The van der Waals surface area contributed by atoms with Gasteiger partial charge in [-0.1, -0.05) is 23.2 Å². The highest BCUT2D eigenvalue weighted by Crippen LogP contribution is 2.22. The van der Waals surface area contributed by atoms with Crippen molar-refractivity contribution < 1.29 is 19.5 Å². The van der Waals surface area contributed by atoms with Crippen LogP contribution in [-0.4, -0.2) is 28.8 Å². The number of halogens is 2. The van der Waals surface area contributed by atoms with Crippen molar-refractivity contribution in [1.82, 2.24) is 5.32 Å². The summed E-state index contributed by atoms with van der Waals surface area (Å²) in [5.41, 5.74) is 0.281. The number of hydrogen-bond acceptors (Lipinski definition) is 3. The maximum atomic E-state index is 12.0. The molecular weight excluding hydrogens is 305 g/mol. The molecule has 0 aliphatic heterocycles. The van der Waals surface area contributed by atoms with Crippen LogP contribution in [0, 0.1) is 0 Å². The van der Waals surface area contributed by atoms with Crippen LogP contribution in [0.2, 0.25) is 10.0 Å². The topological polar surface area (TPSA) is 83.5 Å². The number of amides is 1. The first-order valence-corrected chi connectivity index (χ1v) is 6.55. The van der Waals surface area contributed by atoms with Crippen molar-refractivity contribution >= 4 is 40.9 Å². The molecule has 0 heterocycles. The average Bonchev–Trinajstić information content (AvgIpc) is 2.33. The maximum Gasteiger partial charge on any atom is 0.326 e. The van der Waals surface area contributed by atoms with Crippen molar-refractivity contribution in [3.8, 4) is 0 Å². The van der Waals surface area contributed by atoms with Gasteiger partial charge in [0.2, 0.25) is 5.91 Å². The van der Waals surface area contributed by atoms with Crippen LogP contribution in [0.25, 0.3) is 0 Å². The van der Waals surface area contributed by atoms with E-state index in [4.69, 9.17) is 28.3 Å². The van der Waals surface area contributed by atoms with Crippen LogP contribution in [0.3, 0.4) is 0 Å². The summed E-state index contributed by atoms with van der Waals surface area (Å²) in [6, 6.07) is 3.37. The number of carbonyl (C=O) groups excluding carboxylic acids is 2. The highest BCUT2D eigenvalue weighted by Gasteiger charge is 2.20. The summed E-state index contributed by atoms with van der Waals surface area (Å²) >= 11 is 11.6. The molecule has 0 aliphatic carbocycles. The molecule has 108 valence electrons. The van der Waals surface area contributed by atoms with Crippen molar-refractivity contribution in [2.45, 2.75) is 25.8 Å². The average molecular weight is 318 g/mol. The summed E-state index contributed by atoms with van der Waals surface area (Å²) in [4.78, 5) is 33.8. The largest absolute Gasteiger partial charge is 0.480 e. The number of aliphatic carboxylic acids is 1. The molecule has 7 heteroatoms. The van der Waals surface area contributed by atoms with Crippen LogP contribution in [0.4, 0.5) is 0 Å². The van der Waals surface area contributed by atoms with Crippen LogP contribution >= 0.6 is 23.2 Å². The molecule has 0 radical (unpaired) electrons. The Morgan fingerprint density at radius 3 is 2.45 bits per heavy atom. The summed E-state index contributed by atoms with van der Waals surface area (Å²) < 4.78 is 0. The van der Waals surface area contributed by atoms with E-state index >= 15 is 0 Å². The van der Waals surface area contributed by atoms with Crippen LogP contribution in [0.15, 0.2) is 18.2 Å². The smallest absolute Gasteiger partial charge is 0.326 e. The number of carboxylic acids is 1. The van der Waals surface area contributed by atoms with Crippen LogP contribution < -0.4 is 5.32 Å². The lowest BCUT2D eigenvalue weighted by Crippen LogP contribution is -2.39. The third-order valence-electron chi connectivity index (χ3n) is 2.57. The number of Topliss-reactive ketones (excluding diaryl/α,β-unsaturated/α-hetero) is 1. The molecule has 0 saturated heterocycles. The molecule has 0 fully saturated rings. The van der Waals surface area contributed by atoms with Gasteiger partial charge in [-0.05, 0) is 24.6 Å². The monoisotopic (exact) mass is 317 g/mol. The minimum Gasteiger partial charge on any atom is -0.480 e. The minimum absolute atomic E-state index is 0.00724. The molecule has 5 nitrogen and oxygen atoms in total. The summed E-state index contributed by atoms with van der Waals surface area (Å²) in [5, 5.41) is 11.8. The van der Waals surface area contributed by atoms with Gasteiger partial charge in [-0.25, -0.2) is 4.79 Å². The first kappa shape index (κ1) is 16.5. The third-order valence-corrected chi connectivity index (χ3v) is 3.12. The number of nitrogens with one attached hydrogen (secondary N) is 1. The van der Waals surface area contributed by atoms with E-state index in [-0.39, 0.29) is 29.2 Å². The van der Waals surface area contributed by atoms with E-state index < -0.39 is 17.9 Å². The summed E-state index contributed by atoms with van der Waals surface area (Å²) in [5.74, 6) is -1.95. The lowest BCUT2D eigenvalue weighted by Gasteiger charge is -2.12. The molecule has 0 bridgehead atoms. The van der Waals surface area contributed by atoms with Crippen molar-refractivity contribution in [1.29, 1.82) is 0 Å². The molecular formula is C13H13Cl2NO4. The van der Waals surface area contributed by atoms with Gasteiger partial charge in [0.25, 0.3) is 0 Å². The molecule has 1 rings (SSSR count). The lowest BCUT2D eigenvalue weighted by atomic mass is 10.0. The van der Waals surface area contributed by atoms with Crippen LogP contribution in [0.1, 0.15) is 30.1 Å². The third kappa shape index (κ3) is 4.83. The zero-order chi connectivity index (χ0) is 15.3. The summed E-state index contributed by atoms with van der Waals surface area (Å²) in [6.07, 6.45) is -0.0503. The molecule has 2 N–H and O–H groups in total. The van der Waals surface area contributed by atoms with Crippen LogP contribution in [0.5, 0.6) is 0 Å². The number of carboxylic acid groups (broad SMARTS) is 1. The first-order valence-electron chi connectivity index (χ1n) is 5.79. The highest BCUT2D eigenvalue weighted by atomic mass is 35.5. The van der Waals surface area contributed by atoms with E-state index in [9.17, 15) is 14.4 Å². The van der Waals surface area contributed by atoms with E-state index in [1.54, 1.807) is 0 Å². The SMILES string of the molecule is CC(=O)NC(CCC(=O)c1ccc(Cl)cc1Cl)C(=O)O. The van der Waals surface area contributed by atoms with Gasteiger partial charge < -0.3 is 10.4 Å². The van der Waals surface area contributed by atoms with Gasteiger partial charge in [-0.15, -0.1) is 0 Å². The molecule has 1 unspecified atom stereocenters. The number of carbonyl (C=O) groups is 3. The molecule has 20 heavy (non-hydrogen) atoms. The van der Waals surface area contributed by atoms with Crippen molar-refractivity contribution in [2.75, 3.05) is 0 Å². The second kappa shape index (κ2) is 7.26. The quantitative estimate of drug-likeness (QED) is 0.790. The second-order valence-corrected chi connectivity index (χ2v) is 5.02. The van der Waals surface area contributed by atoms with Gasteiger partial charge in [0, 0.05) is 23.9 Å². The predicted octanol–water partition coefficient (Wildman–Crippen LogP) is 2.55. The van der Waals surface area contributed by atoms with Crippen molar-refractivity contribution in [2.24, 2.45) is 0 Å². The molecule has 1 aromatic rings. The Labute approximate surface area is 125 Å². The molecule has 0 spiro atoms. The van der Waals surface area contributed by atoms with Gasteiger partial charge in [0.05, 0.1) is 5.02 Å². The van der Waals surface area contributed by atoms with Crippen molar-refractivity contribution in [3.63, 3.8) is 0 Å². The van der Waals surface area contributed by atoms with E-state index in [0.717, 1.165) is 0 Å². The number of ketones is 1. The van der Waals surface area contributed by atoms with Crippen molar-refractivity contribution in [3.05, 3.63) is 33.8 Å².